The maximum atomic E-state index is 12.3. The lowest BCUT2D eigenvalue weighted by Crippen LogP contribution is -2.45. The number of hydrogen-bond donors (Lipinski definition) is 1. The van der Waals surface area contributed by atoms with Gasteiger partial charge in [-0.05, 0) is 39.0 Å². The molecule has 0 aromatic rings. The lowest BCUT2D eigenvalue weighted by atomic mass is 9.82. The summed E-state index contributed by atoms with van der Waals surface area (Å²) in [6.45, 7) is 2.87. The molecule has 2 aliphatic rings. The van der Waals surface area contributed by atoms with Crippen molar-refractivity contribution in [2.75, 3.05) is 6.54 Å². The molecule has 2 rings (SSSR count). The van der Waals surface area contributed by atoms with Gasteiger partial charge in [0.25, 0.3) is 0 Å². The zero-order valence-corrected chi connectivity index (χ0v) is 11.2. The van der Waals surface area contributed by atoms with Gasteiger partial charge < -0.3 is 10.0 Å². The number of amides is 1. The summed E-state index contributed by atoms with van der Waals surface area (Å²) in [5.74, 6) is -0.732. The minimum absolute atomic E-state index is 0.0477. The Labute approximate surface area is 108 Å². The number of rotatable bonds is 3. The van der Waals surface area contributed by atoms with Gasteiger partial charge in [0, 0.05) is 19.0 Å². The summed E-state index contributed by atoms with van der Waals surface area (Å²) >= 11 is 0. The van der Waals surface area contributed by atoms with E-state index in [-0.39, 0.29) is 18.4 Å². The van der Waals surface area contributed by atoms with Crippen LogP contribution in [-0.4, -0.2) is 34.5 Å². The van der Waals surface area contributed by atoms with E-state index >= 15 is 0 Å². The molecule has 0 unspecified atom stereocenters. The van der Waals surface area contributed by atoms with Crippen LogP contribution in [-0.2, 0) is 9.59 Å². The van der Waals surface area contributed by atoms with Gasteiger partial charge >= 0.3 is 5.97 Å². The highest BCUT2D eigenvalue weighted by molar-refractivity contribution is 5.85. The van der Waals surface area contributed by atoms with Crippen LogP contribution in [0.25, 0.3) is 0 Å². The molecular formula is C14H23NO3. The number of aliphatic carboxylic acids is 1. The summed E-state index contributed by atoms with van der Waals surface area (Å²) in [4.78, 5) is 25.7. The van der Waals surface area contributed by atoms with Crippen LogP contribution >= 0.6 is 0 Å². The molecule has 0 radical (unpaired) electrons. The maximum absolute atomic E-state index is 12.3. The third-order valence-corrected chi connectivity index (χ3v) is 4.63. The van der Waals surface area contributed by atoms with Crippen LogP contribution in [0.4, 0.5) is 0 Å². The minimum Gasteiger partial charge on any atom is -0.481 e. The molecule has 0 aromatic carbocycles. The van der Waals surface area contributed by atoms with Gasteiger partial charge in [0.2, 0.25) is 5.91 Å². The Morgan fingerprint density at radius 3 is 2.44 bits per heavy atom. The van der Waals surface area contributed by atoms with Gasteiger partial charge in [-0.3, -0.25) is 9.59 Å². The number of carboxylic acids is 1. The Morgan fingerprint density at radius 2 is 1.89 bits per heavy atom. The van der Waals surface area contributed by atoms with Crippen LogP contribution in [0.2, 0.25) is 0 Å². The van der Waals surface area contributed by atoms with E-state index in [4.69, 9.17) is 0 Å². The normalized spacial score (nSPS) is 27.2. The Bertz CT molecular complexity index is 334. The van der Waals surface area contributed by atoms with Crippen molar-refractivity contribution in [1.82, 2.24) is 4.90 Å². The quantitative estimate of drug-likeness (QED) is 0.840. The predicted octanol–water partition coefficient (Wildman–Crippen LogP) is 2.42. The van der Waals surface area contributed by atoms with E-state index in [1.807, 2.05) is 4.90 Å². The zero-order valence-electron chi connectivity index (χ0n) is 11.2. The van der Waals surface area contributed by atoms with Crippen molar-refractivity contribution < 1.29 is 14.7 Å². The van der Waals surface area contributed by atoms with Crippen LogP contribution in [0.5, 0.6) is 0 Å². The summed E-state index contributed by atoms with van der Waals surface area (Å²) in [5, 5.41) is 9.41. The van der Waals surface area contributed by atoms with Gasteiger partial charge in [-0.25, -0.2) is 0 Å². The van der Waals surface area contributed by atoms with E-state index in [0.717, 1.165) is 32.2 Å². The summed E-state index contributed by atoms with van der Waals surface area (Å²) in [6, 6.07) is 0.276. The first-order valence-electron chi connectivity index (χ1n) is 7.08. The smallest absolute Gasteiger partial charge is 0.310 e. The van der Waals surface area contributed by atoms with E-state index in [1.54, 1.807) is 0 Å². The maximum Gasteiger partial charge on any atom is 0.310 e. The lowest BCUT2D eigenvalue weighted by Gasteiger charge is -2.35. The number of piperidine rings is 1. The second-order valence-electron chi connectivity index (χ2n) is 5.90. The molecule has 18 heavy (non-hydrogen) atoms. The second-order valence-corrected chi connectivity index (χ2v) is 5.90. The predicted molar refractivity (Wildman–Crippen MR) is 68.2 cm³/mol. The molecule has 1 saturated heterocycles. The molecule has 4 nitrogen and oxygen atoms in total. The van der Waals surface area contributed by atoms with Crippen molar-refractivity contribution in [1.29, 1.82) is 0 Å². The van der Waals surface area contributed by atoms with Crippen molar-refractivity contribution in [3.05, 3.63) is 0 Å². The first kappa shape index (κ1) is 13.4. The first-order chi connectivity index (χ1) is 8.55. The molecule has 1 atom stereocenters. The molecule has 1 aliphatic heterocycles. The number of carbonyl (C=O) groups excluding carboxylic acids is 1. The van der Waals surface area contributed by atoms with Gasteiger partial charge in [0.15, 0.2) is 0 Å². The highest BCUT2D eigenvalue weighted by atomic mass is 16.4. The van der Waals surface area contributed by atoms with Crippen molar-refractivity contribution in [3.63, 3.8) is 0 Å². The zero-order chi connectivity index (χ0) is 13.2. The van der Waals surface area contributed by atoms with Crippen molar-refractivity contribution in [2.24, 2.45) is 5.41 Å². The molecular weight excluding hydrogens is 230 g/mol. The summed E-state index contributed by atoms with van der Waals surface area (Å²) < 4.78 is 0. The Hall–Kier alpha value is -1.06. The molecule has 1 N–H and O–H groups in total. The fraction of sp³-hybridized carbons (Fsp3) is 0.857. The monoisotopic (exact) mass is 253 g/mol. The summed E-state index contributed by atoms with van der Waals surface area (Å²) in [7, 11) is 0. The van der Waals surface area contributed by atoms with E-state index in [1.165, 1.54) is 6.42 Å². The average Bonchev–Trinajstić information content (AvgIpc) is 2.79. The molecule has 1 saturated carbocycles. The fourth-order valence-electron chi connectivity index (χ4n) is 3.38. The van der Waals surface area contributed by atoms with E-state index in [2.05, 4.69) is 6.92 Å². The Kier molecular flexibility index (Phi) is 3.93. The number of carbonyl (C=O) groups is 2. The molecule has 1 amide bonds. The largest absolute Gasteiger partial charge is 0.481 e. The number of carboxylic acid groups (broad SMARTS) is 1. The van der Waals surface area contributed by atoms with Crippen LogP contribution in [0, 0.1) is 5.41 Å². The number of nitrogens with zero attached hydrogens (tertiary/aromatic N) is 1. The van der Waals surface area contributed by atoms with Crippen LogP contribution in [0.15, 0.2) is 0 Å². The van der Waals surface area contributed by atoms with Crippen molar-refractivity contribution >= 4 is 11.9 Å². The number of hydrogen-bond acceptors (Lipinski definition) is 2. The van der Waals surface area contributed by atoms with Gasteiger partial charge in [-0.15, -0.1) is 0 Å². The molecule has 102 valence electrons. The van der Waals surface area contributed by atoms with Gasteiger partial charge in [0.1, 0.15) is 0 Å². The first-order valence-corrected chi connectivity index (χ1v) is 7.08. The molecule has 0 aromatic heterocycles. The van der Waals surface area contributed by atoms with Crippen LogP contribution in [0.3, 0.4) is 0 Å². The van der Waals surface area contributed by atoms with Gasteiger partial charge in [-0.1, -0.05) is 12.8 Å². The number of likely N-dealkylation sites (tertiary alicyclic amines) is 1. The average molecular weight is 253 g/mol. The topological polar surface area (TPSA) is 57.6 Å². The molecule has 0 bridgehead atoms. The van der Waals surface area contributed by atoms with Crippen molar-refractivity contribution in [2.45, 2.75) is 64.3 Å². The molecule has 1 heterocycles. The molecule has 4 heteroatoms. The van der Waals surface area contributed by atoms with E-state index < -0.39 is 11.4 Å². The lowest BCUT2D eigenvalue weighted by molar-refractivity contribution is -0.154. The van der Waals surface area contributed by atoms with Crippen LogP contribution in [0.1, 0.15) is 58.3 Å². The highest BCUT2D eigenvalue weighted by Gasteiger charge is 2.44. The van der Waals surface area contributed by atoms with E-state index in [9.17, 15) is 14.7 Å². The highest BCUT2D eigenvalue weighted by Crippen LogP contribution is 2.42. The van der Waals surface area contributed by atoms with Gasteiger partial charge in [0.05, 0.1) is 5.41 Å². The molecule has 1 aliphatic carbocycles. The third kappa shape index (κ3) is 2.52. The standard InChI is InChI=1S/C14H23NO3/c1-11-6-2-5-9-15(11)12(16)10-14(13(17)18)7-3-4-8-14/h11H,2-10H2,1H3,(H,17,18)/t11-/m1/s1. The SMILES string of the molecule is C[C@@H]1CCCCN1C(=O)CC1(C(=O)O)CCCC1. The van der Waals surface area contributed by atoms with E-state index in [0.29, 0.717) is 12.8 Å². The Morgan fingerprint density at radius 1 is 1.22 bits per heavy atom. The minimum atomic E-state index is -0.780. The third-order valence-electron chi connectivity index (χ3n) is 4.63. The summed E-state index contributed by atoms with van der Waals surface area (Å²) in [5.41, 5.74) is -0.770. The summed E-state index contributed by atoms with van der Waals surface area (Å²) in [6.07, 6.45) is 6.68. The Balaban J connectivity index is 2.03. The van der Waals surface area contributed by atoms with Gasteiger partial charge in [-0.2, -0.15) is 0 Å². The van der Waals surface area contributed by atoms with Crippen LogP contribution < -0.4 is 0 Å². The molecule has 0 spiro atoms. The second kappa shape index (κ2) is 5.29. The molecule has 2 fully saturated rings. The van der Waals surface area contributed by atoms with Crippen molar-refractivity contribution in [3.8, 4) is 0 Å². The fourth-order valence-corrected chi connectivity index (χ4v) is 3.38.